The Morgan fingerprint density at radius 3 is 1.64 bits per heavy atom. The quantitative estimate of drug-likeness (QED) is 0.191. The summed E-state index contributed by atoms with van der Waals surface area (Å²) in [6.07, 6.45) is -4.64. The standard InChI is InChI=1S/C35H37BrO6/c1-24-19-28(36)17-18-29(24)31(38)33-35(41-23-27-15-9-4-10-16-27)34(40-22-26-13-7-3-8-14-26)32(30(20-37)42-33)39-21-25-11-5-2-6-12-25/h2-19,30-35,37-38H,20-23H2,1H3/t30?,31-,32-,33-,34?,35?/m1/s1. The van der Waals surface area contributed by atoms with Gasteiger partial charge < -0.3 is 29.2 Å². The van der Waals surface area contributed by atoms with Gasteiger partial charge in [0, 0.05) is 4.47 Å². The third-order valence-corrected chi connectivity index (χ3v) is 8.06. The van der Waals surface area contributed by atoms with Crippen LogP contribution in [0.3, 0.4) is 0 Å². The van der Waals surface area contributed by atoms with Crippen molar-refractivity contribution in [2.75, 3.05) is 6.61 Å². The van der Waals surface area contributed by atoms with Gasteiger partial charge in [-0.05, 0) is 46.9 Å². The molecule has 0 amide bonds. The minimum Gasteiger partial charge on any atom is -0.394 e. The van der Waals surface area contributed by atoms with Crippen LogP contribution in [0.5, 0.6) is 0 Å². The Morgan fingerprint density at radius 2 is 1.17 bits per heavy atom. The molecule has 1 aliphatic heterocycles. The lowest BCUT2D eigenvalue weighted by Gasteiger charge is -2.47. The molecule has 0 aliphatic carbocycles. The number of halogens is 1. The van der Waals surface area contributed by atoms with Crippen molar-refractivity contribution >= 4 is 15.9 Å². The Morgan fingerprint density at radius 1 is 0.690 bits per heavy atom. The van der Waals surface area contributed by atoms with E-state index in [4.69, 9.17) is 18.9 Å². The molecule has 1 fully saturated rings. The summed E-state index contributed by atoms with van der Waals surface area (Å²) in [5.74, 6) is 0. The Hall–Kier alpha value is -2.88. The summed E-state index contributed by atoms with van der Waals surface area (Å²) < 4.78 is 27.0. The molecule has 2 N–H and O–H groups in total. The lowest BCUT2D eigenvalue weighted by molar-refractivity contribution is -0.285. The fourth-order valence-electron chi connectivity index (χ4n) is 5.37. The van der Waals surface area contributed by atoms with Crippen LogP contribution in [-0.4, -0.2) is 47.3 Å². The molecule has 1 aliphatic rings. The van der Waals surface area contributed by atoms with Crippen molar-refractivity contribution < 1.29 is 29.2 Å². The smallest absolute Gasteiger partial charge is 0.117 e. The fourth-order valence-corrected chi connectivity index (χ4v) is 5.85. The molecule has 6 atom stereocenters. The van der Waals surface area contributed by atoms with E-state index >= 15 is 0 Å². The van der Waals surface area contributed by atoms with E-state index in [0.29, 0.717) is 13.2 Å². The SMILES string of the molecule is Cc1cc(Br)ccc1[C@@H](O)[C@H]1OC(CO)[C@@H](OCc2ccccc2)C(OCc2ccccc2)C1OCc1ccccc1. The average Bonchev–Trinajstić information content (AvgIpc) is 3.03. The van der Waals surface area contributed by atoms with E-state index in [9.17, 15) is 10.2 Å². The van der Waals surface area contributed by atoms with E-state index in [-0.39, 0.29) is 13.2 Å². The number of benzene rings is 4. The average molecular weight is 634 g/mol. The van der Waals surface area contributed by atoms with Crippen molar-refractivity contribution in [1.82, 2.24) is 0 Å². The van der Waals surface area contributed by atoms with Crippen LogP contribution in [0.1, 0.15) is 33.9 Å². The van der Waals surface area contributed by atoms with Crippen molar-refractivity contribution in [3.05, 3.63) is 141 Å². The number of aliphatic hydroxyl groups excluding tert-OH is 2. The molecule has 1 heterocycles. The highest BCUT2D eigenvalue weighted by atomic mass is 79.9. The van der Waals surface area contributed by atoms with Gasteiger partial charge >= 0.3 is 0 Å². The maximum Gasteiger partial charge on any atom is 0.117 e. The molecular formula is C35H37BrO6. The Labute approximate surface area is 256 Å². The van der Waals surface area contributed by atoms with Gasteiger partial charge in [0.2, 0.25) is 0 Å². The van der Waals surface area contributed by atoms with Crippen LogP contribution in [0.2, 0.25) is 0 Å². The summed E-state index contributed by atoms with van der Waals surface area (Å²) in [4.78, 5) is 0. The van der Waals surface area contributed by atoms with Crippen LogP contribution in [0.4, 0.5) is 0 Å². The van der Waals surface area contributed by atoms with E-state index in [2.05, 4.69) is 15.9 Å². The molecule has 5 rings (SSSR count). The van der Waals surface area contributed by atoms with Crippen LogP contribution in [0.15, 0.2) is 114 Å². The van der Waals surface area contributed by atoms with Gasteiger partial charge in [0.1, 0.15) is 36.6 Å². The molecular weight excluding hydrogens is 596 g/mol. The molecule has 0 spiro atoms. The van der Waals surface area contributed by atoms with E-state index in [1.165, 1.54) is 0 Å². The molecule has 6 nitrogen and oxygen atoms in total. The van der Waals surface area contributed by atoms with Crippen LogP contribution in [-0.2, 0) is 38.8 Å². The minimum absolute atomic E-state index is 0.289. The summed E-state index contributed by atoms with van der Waals surface area (Å²) in [7, 11) is 0. The number of rotatable bonds is 12. The molecule has 1 saturated heterocycles. The van der Waals surface area contributed by atoms with E-state index in [1.54, 1.807) is 0 Å². The Balaban J connectivity index is 1.50. The summed E-state index contributed by atoms with van der Waals surface area (Å²) in [5.41, 5.74) is 4.60. The zero-order valence-electron chi connectivity index (χ0n) is 23.6. The molecule has 42 heavy (non-hydrogen) atoms. The summed E-state index contributed by atoms with van der Waals surface area (Å²) in [5, 5.41) is 22.3. The van der Waals surface area contributed by atoms with Gasteiger partial charge in [-0.25, -0.2) is 0 Å². The second-order valence-corrected chi connectivity index (χ2v) is 11.5. The first-order valence-electron chi connectivity index (χ1n) is 14.2. The van der Waals surface area contributed by atoms with Gasteiger partial charge in [0.25, 0.3) is 0 Å². The van der Waals surface area contributed by atoms with Gasteiger partial charge in [-0.15, -0.1) is 0 Å². The Kier molecular flexibility index (Phi) is 10.9. The van der Waals surface area contributed by atoms with Gasteiger partial charge in [0.05, 0.1) is 26.4 Å². The summed E-state index contributed by atoms with van der Waals surface area (Å²) >= 11 is 3.51. The van der Waals surface area contributed by atoms with Crippen molar-refractivity contribution in [3.63, 3.8) is 0 Å². The van der Waals surface area contributed by atoms with Crippen LogP contribution in [0.25, 0.3) is 0 Å². The highest BCUT2D eigenvalue weighted by molar-refractivity contribution is 9.10. The predicted molar refractivity (Wildman–Crippen MR) is 165 cm³/mol. The van der Waals surface area contributed by atoms with Crippen LogP contribution < -0.4 is 0 Å². The number of hydrogen-bond donors (Lipinski definition) is 2. The second kappa shape index (κ2) is 15.0. The van der Waals surface area contributed by atoms with Crippen LogP contribution >= 0.6 is 15.9 Å². The van der Waals surface area contributed by atoms with Gasteiger partial charge in [-0.1, -0.05) is 113 Å². The first kappa shape index (κ1) is 30.6. The maximum atomic E-state index is 11.8. The molecule has 0 bridgehead atoms. The third-order valence-electron chi connectivity index (χ3n) is 7.57. The molecule has 3 unspecified atom stereocenters. The number of hydrogen-bond acceptors (Lipinski definition) is 6. The van der Waals surface area contributed by atoms with E-state index < -0.39 is 36.6 Å². The van der Waals surface area contributed by atoms with Crippen molar-refractivity contribution in [3.8, 4) is 0 Å². The van der Waals surface area contributed by atoms with E-state index in [1.807, 2.05) is 116 Å². The molecule has 0 saturated carbocycles. The van der Waals surface area contributed by atoms with Crippen molar-refractivity contribution in [1.29, 1.82) is 0 Å². The summed E-state index contributed by atoms with van der Waals surface area (Å²) in [6.45, 7) is 2.54. The van der Waals surface area contributed by atoms with Crippen LogP contribution in [0, 0.1) is 6.92 Å². The first-order valence-corrected chi connectivity index (χ1v) is 15.0. The Bertz CT molecular complexity index is 1370. The third kappa shape index (κ3) is 7.74. The number of aryl methyl sites for hydroxylation is 1. The lowest BCUT2D eigenvalue weighted by Crippen LogP contribution is -2.62. The van der Waals surface area contributed by atoms with Gasteiger partial charge in [-0.2, -0.15) is 0 Å². The second-order valence-electron chi connectivity index (χ2n) is 10.6. The lowest BCUT2D eigenvalue weighted by atomic mass is 9.88. The zero-order valence-corrected chi connectivity index (χ0v) is 25.2. The van der Waals surface area contributed by atoms with E-state index in [0.717, 1.165) is 32.3 Å². The van der Waals surface area contributed by atoms with Gasteiger partial charge in [-0.3, -0.25) is 0 Å². The van der Waals surface area contributed by atoms with Crippen molar-refractivity contribution in [2.45, 2.75) is 63.4 Å². The zero-order chi connectivity index (χ0) is 29.3. The number of ether oxygens (including phenoxy) is 4. The first-order chi connectivity index (χ1) is 20.5. The van der Waals surface area contributed by atoms with Gasteiger partial charge in [0.15, 0.2) is 0 Å². The van der Waals surface area contributed by atoms with Crippen molar-refractivity contribution in [2.24, 2.45) is 0 Å². The topological polar surface area (TPSA) is 77.4 Å². The normalized spacial score (nSPS) is 23.0. The molecule has 220 valence electrons. The molecule has 0 radical (unpaired) electrons. The number of aliphatic hydroxyl groups is 2. The highest BCUT2D eigenvalue weighted by Gasteiger charge is 2.50. The molecule has 4 aromatic rings. The molecule has 4 aromatic carbocycles. The fraction of sp³-hybridized carbons (Fsp3) is 0.314. The maximum absolute atomic E-state index is 11.8. The largest absolute Gasteiger partial charge is 0.394 e. The monoisotopic (exact) mass is 632 g/mol. The highest BCUT2D eigenvalue weighted by Crippen LogP contribution is 2.37. The minimum atomic E-state index is -1.04. The summed E-state index contributed by atoms with van der Waals surface area (Å²) in [6, 6.07) is 35.4. The molecule has 7 heteroatoms. The predicted octanol–water partition coefficient (Wildman–Crippen LogP) is 6.31. The molecule has 0 aromatic heterocycles.